The van der Waals surface area contributed by atoms with E-state index in [1.54, 1.807) is 0 Å². The minimum atomic E-state index is 0.185. The minimum Gasteiger partial charge on any atom is -0.396 e. The first-order valence-corrected chi connectivity index (χ1v) is 6.97. The van der Waals surface area contributed by atoms with Crippen LogP contribution in [0.5, 0.6) is 0 Å². The zero-order chi connectivity index (χ0) is 12.3. The van der Waals surface area contributed by atoms with Crippen LogP contribution in [-0.2, 0) is 6.54 Å². The Labute approximate surface area is 112 Å². The van der Waals surface area contributed by atoms with Gasteiger partial charge in [-0.15, -0.1) is 0 Å². The Bertz CT molecular complexity index is 353. The second-order valence-electron chi connectivity index (χ2n) is 5.31. The summed E-state index contributed by atoms with van der Waals surface area (Å²) >= 11 is 3.45. The van der Waals surface area contributed by atoms with Gasteiger partial charge >= 0.3 is 0 Å². The van der Waals surface area contributed by atoms with Gasteiger partial charge in [0.1, 0.15) is 0 Å². The second kappa shape index (κ2) is 5.51. The van der Waals surface area contributed by atoms with E-state index in [-0.39, 0.29) is 5.41 Å². The molecule has 1 aliphatic rings. The number of hydrogen-bond acceptors (Lipinski definition) is 2. The van der Waals surface area contributed by atoms with Crippen molar-refractivity contribution in [2.45, 2.75) is 25.8 Å². The smallest absolute Gasteiger partial charge is 0.0499 e. The Balaban J connectivity index is 1.88. The molecule has 17 heavy (non-hydrogen) atoms. The first-order chi connectivity index (χ1) is 8.13. The number of aliphatic hydroxyl groups is 1. The molecule has 0 atom stereocenters. The second-order valence-corrected chi connectivity index (χ2v) is 6.23. The van der Waals surface area contributed by atoms with Gasteiger partial charge in [-0.25, -0.2) is 0 Å². The zero-order valence-electron chi connectivity index (χ0n) is 10.3. The first-order valence-electron chi connectivity index (χ1n) is 6.17. The predicted molar refractivity (Wildman–Crippen MR) is 73.8 cm³/mol. The summed E-state index contributed by atoms with van der Waals surface area (Å²) in [5.74, 6) is 0. The highest BCUT2D eigenvalue weighted by atomic mass is 79.9. The number of hydrogen-bond donors (Lipinski definition) is 1. The lowest BCUT2D eigenvalue weighted by Gasteiger charge is -2.43. The van der Waals surface area contributed by atoms with E-state index in [1.807, 2.05) is 0 Å². The molecular formula is C14H20BrNO. The topological polar surface area (TPSA) is 23.5 Å². The summed E-state index contributed by atoms with van der Waals surface area (Å²) in [6.45, 7) is 2.28. The van der Waals surface area contributed by atoms with E-state index in [0.29, 0.717) is 6.61 Å². The van der Waals surface area contributed by atoms with Gasteiger partial charge in [0.25, 0.3) is 0 Å². The molecule has 1 aromatic carbocycles. The number of benzene rings is 1. The highest BCUT2D eigenvalue weighted by molar-refractivity contribution is 9.10. The van der Waals surface area contributed by atoms with Gasteiger partial charge in [0, 0.05) is 29.6 Å². The summed E-state index contributed by atoms with van der Waals surface area (Å²) < 4.78 is 1.12. The largest absolute Gasteiger partial charge is 0.396 e. The summed E-state index contributed by atoms with van der Waals surface area (Å²) in [7, 11) is 2.14. The molecule has 3 heteroatoms. The van der Waals surface area contributed by atoms with Crippen LogP contribution < -0.4 is 0 Å². The van der Waals surface area contributed by atoms with E-state index < -0.39 is 0 Å². The van der Waals surface area contributed by atoms with Crippen LogP contribution in [0.1, 0.15) is 24.8 Å². The Hall–Kier alpha value is -0.380. The van der Waals surface area contributed by atoms with Crippen molar-refractivity contribution in [3.05, 3.63) is 34.3 Å². The maximum absolute atomic E-state index is 9.46. The molecule has 1 fully saturated rings. The Morgan fingerprint density at radius 3 is 2.41 bits per heavy atom. The average Bonchev–Trinajstić information content (AvgIpc) is 2.27. The molecule has 1 saturated carbocycles. The summed E-state index contributed by atoms with van der Waals surface area (Å²) in [6.07, 6.45) is 3.62. The van der Waals surface area contributed by atoms with E-state index in [2.05, 4.69) is 52.1 Å². The van der Waals surface area contributed by atoms with Crippen molar-refractivity contribution in [2.24, 2.45) is 5.41 Å². The molecule has 0 bridgehead atoms. The molecule has 1 N–H and O–H groups in total. The molecule has 0 aromatic heterocycles. The van der Waals surface area contributed by atoms with Crippen molar-refractivity contribution >= 4 is 15.9 Å². The molecule has 1 aliphatic carbocycles. The maximum Gasteiger partial charge on any atom is 0.0499 e. The number of nitrogens with zero attached hydrogens (tertiary/aromatic N) is 1. The van der Waals surface area contributed by atoms with Crippen LogP contribution in [0.15, 0.2) is 28.7 Å². The lowest BCUT2D eigenvalue weighted by molar-refractivity contribution is 0.0127. The lowest BCUT2D eigenvalue weighted by atomic mass is 9.69. The third kappa shape index (κ3) is 3.30. The van der Waals surface area contributed by atoms with Gasteiger partial charge in [0.2, 0.25) is 0 Å². The van der Waals surface area contributed by atoms with Crippen LogP contribution >= 0.6 is 15.9 Å². The van der Waals surface area contributed by atoms with Crippen molar-refractivity contribution in [2.75, 3.05) is 20.2 Å². The standard InChI is InChI=1S/C14H20BrNO/c1-16(10-14(11-17)7-2-8-14)9-12-3-5-13(15)6-4-12/h3-6,17H,2,7-11H2,1H3. The van der Waals surface area contributed by atoms with Crippen LogP contribution in [0.25, 0.3) is 0 Å². The summed E-state index contributed by atoms with van der Waals surface area (Å²) in [5, 5.41) is 9.46. The van der Waals surface area contributed by atoms with Gasteiger partial charge in [-0.2, -0.15) is 0 Å². The molecule has 2 nitrogen and oxygen atoms in total. The number of halogens is 1. The van der Waals surface area contributed by atoms with Crippen molar-refractivity contribution in [3.8, 4) is 0 Å². The Morgan fingerprint density at radius 2 is 1.94 bits per heavy atom. The van der Waals surface area contributed by atoms with Crippen LogP contribution in [0, 0.1) is 5.41 Å². The van der Waals surface area contributed by atoms with Gasteiger partial charge in [-0.3, -0.25) is 0 Å². The van der Waals surface area contributed by atoms with Gasteiger partial charge in [0.15, 0.2) is 0 Å². The molecular weight excluding hydrogens is 278 g/mol. The molecule has 2 rings (SSSR count). The molecule has 0 saturated heterocycles. The third-order valence-electron chi connectivity index (χ3n) is 3.72. The SMILES string of the molecule is CN(Cc1ccc(Br)cc1)CC1(CO)CCC1. The number of rotatable bonds is 5. The average molecular weight is 298 g/mol. The Morgan fingerprint density at radius 1 is 1.29 bits per heavy atom. The van der Waals surface area contributed by atoms with E-state index >= 15 is 0 Å². The highest BCUT2D eigenvalue weighted by Gasteiger charge is 2.37. The van der Waals surface area contributed by atoms with Gasteiger partial charge < -0.3 is 10.0 Å². The van der Waals surface area contributed by atoms with Gasteiger partial charge in [-0.1, -0.05) is 34.5 Å². The Kier molecular flexibility index (Phi) is 4.23. The van der Waals surface area contributed by atoms with Crippen LogP contribution in [-0.4, -0.2) is 30.2 Å². The van der Waals surface area contributed by atoms with Crippen molar-refractivity contribution in [1.29, 1.82) is 0 Å². The molecule has 0 spiro atoms. The number of aliphatic hydroxyl groups excluding tert-OH is 1. The molecule has 0 amide bonds. The predicted octanol–water partition coefficient (Wildman–Crippen LogP) is 3.04. The van der Waals surface area contributed by atoms with Crippen molar-refractivity contribution in [1.82, 2.24) is 4.90 Å². The summed E-state index contributed by atoms with van der Waals surface area (Å²) in [4.78, 5) is 2.32. The fourth-order valence-electron chi connectivity index (χ4n) is 2.57. The molecule has 1 aromatic rings. The molecule has 0 unspecified atom stereocenters. The van der Waals surface area contributed by atoms with Crippen molar-refractivity contribution in [3.63, 3.8) is 0 Å². The normalized spacial score (nSPS) is 18.1. The summed E-state index contributed by atoms with van der Waals surface area (Å²) in [5.41, 5.74) is 1.51. The summed E-state index contributed by atoms with van der Waals surface area (Å²) in [6, 6.07) is 8.45. The monoisotopic (exact) mass is 297 g/mol. The quantitative estimate of drug-likeness (QED) is 0.903. The lowest BCUT2D eigenvalue weighted by Crippen LogP contribution is -2.43. The van der Waals surface area contributed by atoms with E-state index in [9.17, 15) is 5.11 Å². The van der Waals surface area contributed by atoms with Crippen molar-refractivity contribution < 1.29 is 5.11 Å². The fourth-order valence-corrected chi connectivity index (χ4v) is 2.84. The van der Waals surface area contributed by atoms with Gasteiger partial charge in [0.05, 0.1) is 0 Å². The van der Waals surface area contributed by atoms with Crippen LogP contribution in [0.2, 0.25) is 0 Å². The fraction of sp³-hybridized carbons (Fsp3) is 0.571. The van der Waals surface area contributed by atoms with Crippen LogP contribution in [0.3, 0.4) is 0 Å². The van der Waals surface area contributed by atoms with E-state index in [0.717, 1.165) is 17.6 Å². The first kappa shape index (κ1) is 13.1. The zero-order valence-corrected chi connectivity index (χ0v) is 11.9. The molecule has 94 valence electrons. The third-order valence-corrected chi connectivity index (χ3v) is 4.25. The minimum absolute atomic E-state index is 0.185. The van der Waals surface area contributed by atoms with E-state index in [4.69, 9.17) is 0 Å². The van der Waals surface area contributed by atoms with E-state index in [1.165, 1.54) is 24.8 Å². The molecule has 0 aliphatic heterocycles. The van der Waals surface area contributed by atoms with Crippen LogP contribution in [0.4, 0.5) is 0 Å². The molecule has 0 heterocycles. The highest BCUT2D eigenvalue weighted by Crippen LogP contribution is 2.40. The maximum atomic E-state index is 9.46. The molecule has 0 radical (unpaired) electrons. The van der Waals surface area contributed by atoms with Gasteiger partial charge in [-0.05, 0) is 37.6 Å².